The number of non-ortho nitro benzene ring substituents is 1. The van der Waals surface area contributed by atoms with Crippen molar-refractivity contribution in [1.29, 1.82) is 0 Å². The first kappa shape index (κ1) is 16.3. The monoisotopic (exact) mass is 343 g/mol. The molecule has 3 rings (SSSR count). The molecule has 0 saturated heterocycles. The molecule has 124 valence electrons. The Hall–Kier alpha value is -2.54. The molecule has 0 spiro atoms. The van der Waals surface area contributed by atoms with E-state index in [2.05, 4.69) is 17.2 Å². The Kier molecular flexibility index (Phi) is 4.71. The molecule has 1 aromatic carbocycles. The number of anilines is 1. The van der Waals surface area contributed by atoms with Crippen molar-refractivity contribution in [3.8, 4) is 0 Å². The number of nitrogens with zero attached hydrogens (tertiary/aromatic N) is 2. The minimum absolute atomic E-state index is 0.000670. The molecule has 24 heavy (non-hydrogen) atoms. The molecule has 1 unspecified atom stereocenters. The number of hydrogen-bond donors (Lipinski definition) is 1. The van der Waals surface area contributed by atoms with Crippen LogP contribution in [0.3, 0.4) is 0 Å². The maximum absolute atomic E-state index is 12.0. The molecule has 0 fully saturated rings. The average molecular weight is 343 g/mol. The highest BCUT2D eigenvalue weighted by molar-refractivity contribution is 7.15. The molecule has 1 aliphatic rings. The number of carbonyl (C=O) groups is 1. The highest BCUT2D eigenvalue weighted by Crippen LogP contribution is 2.32. The van der Waals surface area contributed by atoms with E-state index >= 15 is 0 Å². The van der Waals surface area contributed by atoms with Crippen molar-refractivity contribution >= 4 is 34.1 Å². The van der Waals surface area contributed by atoms with Crippen molar-refractivity contribution in [3.63, 3.8) is 0 Å². The minimum Gasteiger partial charge on any atom is -0.298 e. The van der Waals surface area contributed by atoms with E-state index in [0.29, 0.717) is 16.6 Å². The summed E-state index contributed by atoms with van der Waals surface area (Å²) in [6.07, 6.45) is 6.04. The number of amides is 1. The molecule has 1 aliphatic carbocycles. The summed E-state index contributed by atoms with van der Waals surface area (Å²) in [5.41, 5.74) is 1.70. The predicted octanol–water partition coefficient (Wildman–Crippen LogP) is 3.83. The van der Waals surface area contributed by atoms with Crippen molar-refractivity contribution in [2.75, 3.05) is 5.32 Å². The fourth-order valence-electron chi connectivity index (χ4n) is 2.65. The van der Waals surface area contributed by atoms with E-state index < -0.39 is 4.92 Å². The van der Waals surface area contributed by atoms with E-state index in [9.17, 15) is 14.9 Å². The van der Waals surface area contributed by atoms with Gasteiger partial charge in [0.15, 0.2) is 5.13 Å². The van der Waals surface area contributed by atoms with Crippen LogP contribution in [0, 0.1) is 16.0 Å². The Balaban J connectivity index is 1.65. The smallest absolute Gasteiger partial charge is 0.270 e. The molecule has 1 atom stereocenters. The predicted molar refractivity (Wildman–Crippen MR) is 94.1 cm³/mol. The minimum atomic E-state index is -0.460. The van der Waals surface area contributed by atoms with E-state index in [0.717, 1.165) is 25.0 Å². The van der Waals surface area contributed by atoms with Gasteiger partial charge in [-0.1, -0.05) is 19.1 Å². The zero-order valence-electron chi connectivity index (χ0n) is 13.2. The van der Waals surface area contributed by atoms with Crippen LogP contribution in [0.15, 0.2) is 30.3 Å². The number of fused-ring (bicyclic) bond motifs is 1. The first-order valence-electron chi connectivity index (χ1n) is 7.73. The summed E-state index contributed by atoms with van der Waals surface area (Å²) in [4.78, 5) is 28.0. The summed E-state index contributed by atoms with van der Waals surface area (Å²) >= 11 is 1.53. The third-order valence-electron chi connectivity index (χ3n) is 3.92. The van der Waals surface area contributed by atoms with E-state index in [-0.39, 0.29) is 11.6 Å². The third-order valence-corrected chi connectivity index (χ3v) is 4.96. The Bertz CT molecular complexity index is 813. The summed E-state index contributed by atoms with van der Waals surface area (Å²) in [6, 6.07) is 6.14. The average Bonchev–Trinajstić information content (AvgIpc) is 2.94. The summed E-state index contributed by atoms with van der Waals surface area (Å²) in [5, 5.41) is 14.1. The largest absolute Gasteiger partial charge is 0.298 e. The van der Waals surface area contributed by atoms with E-state index in [1.165, 1.54) is 34.4 Å². The van der Waals surface area contributed by atoms with Crippen LogP contribution in [0.5, 0.6) is 0 Å². The van der Waals surface area contributed by atoms with E-state index in [1.54, 1.807) is 18.2 Å². The van der Waals surface area contributed by atoms with Gasteiger partial charge >= 0.3 is 0 Å². The first-order valence-corrected chi connectivity index (χ1v) is 8.55. The number of nitro groups is 1. The second kappa shape index (κ2) is 6.92. The number of nitrogens with one attached hydrogen (secondary N) is 1. The SMILES string of the molecule is CC1CCc2nc(NC(=O)/C=C/c3cccc([N+](=O)[O-])c3)sc2C1. The van der Waals surface area contributed by atoms with Crippen molar-refractivity contribution in [2.24, 2.45) is 5.92 Å². The van der Waals surface area contributed by atoms with Gasteiger partial charge in [0.2, 0.25) is 5.91 Å². The zero-order chi connectivity index (χ0) is 17.1. The molecule has 6 nitrogen and oxygen atoms in total. The van der Waals surface area contributed by atoms with Crippen molar-refractivity contribution in [1.82, 2.24) is 4.98 Å². The fourth-order valence-corrected chi connectivity index (χ4v) is 3.83. The molecule has 0 bridgehead atoms. The summed E-state index contributed by atoms with van der Waals surface area (Å²) in [6.45, 7) is 2.22. The lowest BCUT2D eigenvalue weighted by atomic mass is 9.93. The van der Waals surface area contributed by atoms with Gasteiger partial charge in [-0.2, -0.15) is 0 Å². The highest BCUT2D eigenvalue weighted by Gasteiger charge is 2.20. The van der Waals surface area contributed by atoms with Crippen LogP contribution in [-0.4, -0.2) is 15.8 Å². The number of carbonyl (C=O) groups excluding carboxylic acids is 1. The van der Waals surface area contributed by atoms with Crippen LogP contribution in [0.2, 0.25) is 0 Å². The maximum Gasteiger partial charge on any atom is 0.270 e. The summed E-state index contributed by atoms with van der Waals surface area (Å²) < 4.78 is 0. The van der Waals surface area contributed by atoms with E-state index in [1.807, 2.05) is 0 Å². The molecule has 1 N–H and O–H groups in total. The van der Waals surface area contributed by atoms with Crippen molar-refractivity contribution in [3.05, 3.63) is 56.6 Å². The lowest BCUT2D eigenvalue weighted by molar-refractivity contribution is -0.384. The Morgan fingerprint density at radius 1 is 1.50 bits per heavy atom. The second-order valence-corrected chi connectivity index (χ2v) is 7.00. The lowest BCUT2D eigenvalue weighted by Crippen LogP contribution is -2.09. The standard InChI is InChI=1S/C17H17N3O3S/c1-11-5-7-14-15(9-11)24-17(18-14)19-16(21)8-6-12-3-2-4-13(10-12)20(22)23/h2-4,6,8,10-11H,5,7,9H2,1H3,(H,18,19,21)/b8-6+. The normalized spacial score (nSPS) is 16.8. The summed E-state index contributed by atoms with van der Waals surface area (Å²) in [5.74, 6) is 0.371. The van der Waals surface area contributed by atoms with Gasteiger partial charge in [-0.25, -0.2) is 4.98 Å². The van der Waals surface area contributed by atoms with Gasteiger partial charge in [0, 0.05) is 23.1 Å². The second-order valence-electron chi connectivity index (χ2n) is 5.91. The van der Waals surface area contributed by atoms with Crippen LogP contribution >= 0.6 is 11.3 Å². The molecule has 2 aromatic rings. The van der Waals surface area contributed by atoms with Gasteiger partial charge < -0.3 is 0 Å². The van der Waals surface area contributed by atoms with Crippen LogP contribution in [0.1, 0.15) is 29.5 Å². The Morgan fingerprint density at radius 2 is 2.33 bits per heavy atom. The van der Waals surface area contributed by atoms with Gasteiger partial charge in [0.1, 0.15) is 0 Å². The van der Waals surface area contributed by atoms with Gasteiger partial charge in [-0.3, -0.25) is 20.2 Å². The molecule has 0 aliphatic heterocycles. The number of aromatic nitrogens is 1. The quantitative estimate of drug-likeness (QED) is 0.519. The summed E-state index contributed by atoms with van der Waals surface area (Å²) in [7, 11) is 0. The molecule has 0 saturated carbocycles. The molecular formula is C17H17N3O3S. The molecular weight excluding hydrogens is 326 g/mol. The number of rotatable bonds is 4. The first-order chi connectivity index (χ1) is 11.5. The number of thiazole rings is 1. The van der Waals surface area contributed by atoms with Crippen LogP contribution in [-0.2, 0) is 17.6 Å². The molecule has 0 radical (unpaired) electrons. The van der Waals surface area contributed by atoms with Gasteiger partial charge in [0.25, 0.3) is 5.69 Å². The lowest BCUT2D eigenvalue weighted by Gasteiger charge is -2.15. The number of benzene rings is 1. The van der Waals surface area contributed by atoms with Gasteiger partial charge in [0.05, 0.1) is 10.6 Å². The Morgan fingerprint density at radius 3 is 3.12 bits per heavy atom. The van der Waals surface area contributed by atoms with Crippen molar-refractivity contribution < 1.29 is 9.72 Å². The maximum atomic E-state index is 12.0. The van der Waals surface area contributed by atoms with Gasteiger partial charge in [-0.05, 0) is 36.8 Å². The number of nitro benzene ring substituents is 1. The van der Waals surface area contributed by atoms with Gasteiger partial charge in [-0.15, -0.1) is 11.3 Å². The van der Waals surface area contributed by atoms with Crippen LogP contribution in [0.25, 0.3) is 6.08 Å². The number of aryl methyl sites for hydroxylation is 1. The van der Waals surface area contributed by atoms with E-state index in [4.69, 9.17) is 0 Å². The number of hydrogen-bond acceptors (Lipinski definition) is 5. The van der Waals surface area contributed by atoms with Crippen LogP contribution < -0.4 is 5.32 Å². The van der Waals surface area contributed by atoms with Crippen LogP contribution in [0.4, 0.5) is 10.8 Å². The molecule has 1 amide bonds. The Labute approximate surface area is 143 Å². The highest BCUT2D eigenvalue weighted by atomic mass is 32.1. The molecule has 7 heteroatoms. The topological polar surface area (TPSA) is 85.1 Å². The van der Waals surface area contributed by atoms with Crippen molar-refractivity contribution in [2.45, 2.75) is 26.2 Å². The molecule has 1 aromatic heterocycles. The zero-order valence-corrected chi connectivity index (χ0v) is 14.0. The third kappa shape index (κ3) is 3.86. The fraction of sp³-hybridized carbons (Fsp3) is 0.294. The molecule has 1 heterocycles.